The van der Waals surface area contributed by atoms with Crippen LogP contribution in [0.25, 0.3) is 0 Å². The highest BCUT2D eigenvalue weighted by molar-refractivity contribution is 4.98. The van der Waals surface area contributed by atoms with Gasteiger partial charge in [-0.3, -0.25) is 4.90 Å². The molecule has 4 rings (SSSR count). The molecule has 1 atom stereocenters. The lowest BCUT2D eigenvalue weighted by Crippen LogP contribution is -2.47. The first-order valence-electron chi connectivity index (χ1n) is 9.37. The fraction of sp³-hybridized carbons (Fsp3) is 1.00. The molecule has 4 aliphatic rings. The highest BCUT2D eigenvalue weighted by atomic mass is 15.2. The van der Waals surface area contributed by atoms with Crippen LogP contribution in [-0.2, 0) is 0 Å². The summed E-state index contributed by atoms with van der Waals surface area (Å²) in [5, 5.41) is 0. The predicted molar refractivity (Wildman–Crippen MR) is 87.5 cm³/mol. The van der Waals surface area contributed by atoms with Gasteiger partial charge in [-0.1, -0.05) is 0 Å². The van der Waals surface area contributed by atoms with Gasteiger partial charge in [-0.25, -0.2) is 0 Å². The Kier molecular flexibility index (Phi) is 4.01. The number of hydrogen-bond donors (Lipinski definition) is 0. The first-order chi connectivity index (χ1) is 10.2. The summed E-state index contributed by atoms with van der Waals surface area (Å²) in [4.78, 5) is 8.19. The standard InChI is InChI=1S/C18H33N3/c1-19-10-5-17(6-11-19)21-12-8-18(15-21)7-2-9-20(14-18)13-16-3-4-16/h16-17H,2-15H2,1H3/t18-/m1/s1. The lowest BCUT2D eigenvalue weighted by atomic mass is 9.79. The fourth-order valence-corrected chi connectivity index (χ4v) is 5.11. The van der Waals surface area contributed by atoms with Gasteiger partial charge in [0.2, 0.25) is 0 Å². The van der Waals surface area contributed by atoms with Crippen molar-refractivity contribution < 1.29 is 0 Å². The third-order valence-electron chi connectivity index (χ3n) is 6.63. The van der Waals surface area contributed by atoms with Crippen molar-refractivity contribution in [1.82, 2.24) is 14.7 Å². The molecule has 0 N–H and O–H groups in total. The second-order valence-electron chi connectivity index (χ2n) is 8.54. The Morgan fingerprint density at radius 2 is 1.71 bits per heavy atom. The average molecular weight is 291 g/mol. The van der Waals surface area contributed by atoms with Crippen molar-refractivity contribution in [2.24, 2.45) is 11.3 Å². The molecule has 0 bridgehead atoms. The molecular weight excluding hydrogens is 258 g/mol. The summed E-state index contributed by atoms with van der Waals surface area (Å²) in [6.07, 6.45) is 10.2. The van der Waals surface area contributed by atoms with Gasteiger partial charge in [0, 0.05) is 25.7 Å². The summed E-state index contributed by atoms with van der Waals surface area (Å²) in [6.45, 7) is 9.60. The van der Waals surface area contributed by atoms with Gasteiger partial charge < -0.3 is 9.80 Å². The van der Waals surface area contributed by atoms with E-state index in [4.69, 9.17) is 0 Å². The van der Waals surface area contributed by atoms with Crippen LogP contribution in [0.3, 0.4) is 0 Å². The highest BCUT2D eigenvalue weighted by Gasteiger charge is 2.43. The molecular formula is C18H33N3. The summed E-state index contributed by atoms with van der Waals surface area (Å²) in [7, 11) is 2.28. The molecule has 0 aromatic heterocycles. The molecule has 1 saturated carbocycles. The van der Waals surface area contributed by atoms with Crippen LogP contribution in [0.2, 0.25) is 0 Å². The molecule has 1 aliphatic carbocycles. The Balaban J connectivity index is 1.33. The molecule has 0 aromatic carbocycles. The predicted octanol–water partition coefficient (Wildman–Crippen LogP) is 2.28. The van der Waals surface area contributed by atoms with E-state index in [0.717, 1.165) is 12.0 Å². The Labute approximate surface area is 130 Å². The van der Waals surface area contributed by atoms with Crippen molar-refractivity contribution in [2.75, 3.05) is 52.9 Å². The zero-order valence-corrected chi connectivity index (χ0v) is 13.9. The van der Waals surface area contributed by atoms with Crippen molar-refractivity contribution in [3.05, 3.63) is 0 Å². The Bertz CT molecular complexity index is 359. The van der Waals surface area contributed by atoms with E-state index in [1.807, 2.05) is 0 Å². The molecule has 3 heterocycles. The van der Waals surface area contributed by atoms with Crippen molar-refractivity contribution in [3.63, 3.8) is 0 Å². The van der Waals surface area contributed by atoms with E-state index in [9.17, 15) is 0 Å². The third-order valence-corrected chi connectivity index (χ3v) is 6.63. The maximum atomic E-state index is 2.87. The topological polar surface area (TPSA) is 9.72 Å². The van der Waals surface area contributed by atoms with Crippen molar-refractivity contribution >= 4 is 0 Å². The summed E-state index contributed by atoms with van der Waals surface area (Å²) in [5.74, 6) is 1.06. The van der Waals surface area contributed by atoms with E-state index in [1.165, 1.54) is 90.8 Å². The smallest absolute Gasteiger partial charge is 0.0120 e. The quantitative estimate of drug-likeness (QED) is 0.790. The van der Waals surface area contributed by atoms with E-state index >= 15 is 0 Å². The summed E-state index contributed by atoms with van der Waals surface area (Å²) >= 11 is 0. The fourth-order valence-electron chi connectivity index (χ4n) is 5.11. The number of hydrogen-bond acceptors (Lipinski definition) is 3. The van der Waals surface area contributed by atoms with Gasteiger partial charge in [-0.05, 0) is 89.5 Å². The minimum atomic E-state index is 0.663. The molecule has 21 heavy (non-hydrogen) atoms. The SMILES string of the molecule is CN1CCC(N2CC[C@@]3(CCCN(CC4CC4)C3)C2)CC1. The lowest BCUT2D eigenvalue weighted by molar-refractivity contribution is 0.0738. The van der Waals surface area contributed by atoms with Gasteiger partial charge in [0.25, 0.3) is 0 Å². The molecule has 0 aromatic rings. The molecule has 3 heteroatoms. The van der Waals surface area contributed by atoms with Gasteiger partial charge in [0.15, 0.2) is 0 Å². The molecule has 3 saturated heterocycles. The van der Waals surface area contributed by atoms with Crippen molar-refractivity contribution in [2.45, 2.75) is 51.0 Å². The monoisotopic (exact) mass is 291 g/mol. The lowest BCUT2D eigenvalue weighted by Gasteiger charge is -2.42. The molecule has 3 aliphatic heterocycles. The second-order valence-corrected chi connectivity index (χ2v) is 8.54. The molecule has 0 radical (unpaired) electrons. The van der Waals surface area contributed by atoms with E-state index in [0.29, 0.717) is 5.41 Å². The van der Waals surface area contributed by atoms with Crippen LogP contribution in [0.4, 0.5) is 0 Å². The van der Waals surface area contributed by atoms with Crippen LogP contribution in [0.5, 0.6) is 0 Å². The molecule has 0 unspecified atom stereocenters. The first kappa shape index (κ1) is 14.5. The van der Waals surface area contributed by atoms with E-state index in [-0.39, 0.29) is 0 Å². The van der Waals surface area contributed by atoms with Crippen LogP contribution >= 0.6 is 0 Å². The summed E-state index contributed by atoms with van der Waals surface area (Å²) in [6, 6.07) is 0.888. The van der Waals surface area contributed by atoms with Gasteiger partial charge in [-0.15, -0.1) is 0 Å². The normalized spacial score (nSPS) is 37.6. The van der Waals surface area contributed by atoms with Gasteiger partial charge in [0.1, 0.15) is 0 Å². The van der Waals surface area contributed by atoms with Gasteiger partial charge in [0.05, 0.1) is 0 Å². The van der Waals surface area contributed by atoms with Crippen LogP contribution in [0.15, 0.2) is 0 Å². The van der Waals surface area contributed by atoms with E-state index < -0.39 is 0 Å². The number of rotatable bonds is 3. The van der Waals surface area contributed by atoms with Gasteiger partial charge in [-0.2, -0.15) is 0 Å². The molecule has 4 fully saturated rings. The molecule has 1 spiro atoms. The van der Waals surface area contributed by atoms with E-state index in [2.05, 4.69) is 21.7 Å². The van der Waals surface area contributed by atoms with E-state index in [1.54, 1.807) is 0 Å². The third kappa shape index (κ3) is 3.30. The zero-order valence-electron chi connectivity index (χ0n) is 13.9. The second kappa shape index (κ2) is 5.82. The number of likely N-dealkylation sites (tertiary alicyclic amines) is 3. The van der Waals surface area contributed by atoms with Crippen molar-refractivity contribution in [1.29, 1.82) is 0 Å². The van der Waals surface area contributed by atoms with Crippen LogP contribution < -0.4 is 0 Å². The summed E-state index contributed by atoms with van der Waals surface area (Å²) in [5.41, 5.74) is 0.663. The maximum absolute atomic E-state index is 2.87. The molecule has 3 nitrogen and oxygen atoms in total. The zero-order chi connectivity index (χ0) is 14.3. The average Bonchev–Trinajstić information content (AvgIpc) is 3.21. The molecule has 0 amide bonds. The minimum absolute atomic E-state index is 0.663. The first-order valence-corrected chi connectivity index (χ1v) is 9.37. The Hall–Kier alpha value is -0.120. The minimum Gasteiger partial charge on any atom is -0.306 e. The number of piperidine rings is 2. The van der Waals surface area contributed by atoms with Crippen LogP contribution in [0.1, 0.15) is 44.9 Å². The molecule has 120 valence electrons. The number of nitrogens with zero attached hydrogens (tertiary/aromatic N) is 3. The van der Waals surface area contributed by atoms with Gasteiger partial charge >= 0.3 is 0 Å². The largest absolute Gasteiger partial charge is 0.306 e. The maximum Gasteiger partial charge on any atom is 0.0120 e. The Morgan fingerprint density at radius 1 is 0.905 bits per heavy atom. The van der Waals surface area contributed by atoms with Crippen LogP contribution in [-0.4, -0.2) is 73.6 Å². The Morgan fingerprint density at radius 3 is 2.48 bits per heavy atom. The highest BCUT2D eigenvalue weighted by Crippen LogP contribution is 2.41. The van der Waals surface area contributed by atoms with Crippen molar-refractivity contribution in [3.8, 4) is 0 Å². The summed E-state index contributed by atoms with van der Waals surface area (Å²) < 4.78 is 0. The van der Waals surface area contributed by atoms with Crippen LogP contribution in [0, 0.1) is 11.3 Å².